The Kier molecular flexibility index (Phi) is 7.17. The van der Waals surface area contributed by atoms with E-state index in [9.17, 15) is 9.59 Å². The van der Waals surface area contributed by atoms with Crippen molar-refractivity contribution >= 4 is 18.0 Å². The highest BCUT2D eigenvalue weighted by Gasteiger charge is 2.12. The largest absolute Gasteiger partial charge is 0.493 e. The van der Waals surface area contributed by atoms with Gasteiger partial charge in [0.15, 0.2) is 11.5 Å². The van der Waals surface area contributed by atoms with Crippen LogP contribution >= 0.6 is 0 Å². The smallest absolute Gasteiger partial charge is 0.329 e. The molecule has 0 aromatic heterocycles. The molecule has 7 nitrogen and oxygen atoms in total. The predicted octanol–water partition coefficient (Wildman–Crippen LogP) is 1.51. The highest BCUT2D eigenvalue weighted by atomic mass is 16.5. The van der Waals surface area contributed by atoms with E-state index in [1.165, 1.54) is 20.4 Å². The van der Waals surface area contributed by atoms with Crippen molar-refractivity contribution in [1.82, 2.24) is 10.7 Å². The minimum Gasteiger partial charge on any atom is -0.493 e. The summed E-state index contributed by atoms with van der Waals surface area (Å²) in [5.41, 5.74) is 3.88. The lowest BCUT2D eigenvalue weighted by Gasteiger charge is -2.09. The van der Waals surface area contributed by atoms with Gasteiger partial charge in [0.05, 0.1) is 20.4 Å². The van der Waals surface area contributed by atoms with E-state index in [1.807, 2.05) is 30.3 Å². The molecule has 0 aliphatic carbocycles. The van der Waals surface area contributed by atoms with Crippen molar-refractivity contribution in [2.45, 2.75) is 6.42 Å². The molecule has 0 heterocycles. The van der Waals surface area contributed by atoms with Gasteiger partial charge in [-0.25, -0.2) is 5.43 Å². The Morgan fingerprint density at radius 2 is 1.77 bits per heavy atom. The molecule has 0 spiro atoms. The van der Waals surface area contributed by atoms with Crippen LogP contribution in [0.2, 0.25) is 0 Å². The quantitative estimate of drug-likeness (QED) is 0.448. The minimum atomic E-state index is -0.837. The summed E-state index contributed by atoms with van der Waals surface area (Å²) in [6, 6.07) is 14.9. The molecule has 0 aliphatic heterocycles. The zero-order valence-electron chi connectivity index (χ0n) is 14.7. The zero-order chi connectivity index (χ0) is 18.8. The van der Waals surface area contributed by atoms with Gasteiger partial charge >= 0.3 is 11.8 Å². The van der Waals surface area contributed by atoms with E-state index in [2.05, 4.69) is 15.8 Å². The van der Waals surface area contributed by atoms with Crippen molar-refractivity contribution in [2.75, 3.05) is 20.8 Å². The maximum Gasteiger partial charge on any atom is 0.329 e. The summed E-state index contributed by atoms with van der Waals surface area (Å²) < 4.78 is 10.4. The van der Waals surface area contributed by atoms with Crippen molar-refractivity contribution in [1.29, 1.82) is 0 Å². The van der Waals surface area contributed by atoms with E-state index < -0.39 is 11.8 Å². The van der Waals surface area contributed by atoms with Crippen molar-refractivity contribution in [3.05, 3.63) is 59.7 Å². The molecule has 136 valence electrons. The van der Waals surface area contributed by atoms with Crippen LogP contribution in [-0.2, 0) is 16.0 Å². The summed E-state index contributed by atoms with van der Waals surface area (Å²) in [6.07, 6.45) is 2.03. The molecule has 2 aromatic rings. The van der Waals surface area contributed by atoms with Crippen LogP contribution in [0.1, 0.15) is 11.1 Å². The second-order valence-electron chi connectivity index (χ2n) is 5.27. The Labute approximate surface area is 152 Å². The number of nitrogens with one attached hydrogen (secondary N) is 2. The molecule has 0 aliphatic rings. The minimum absolute atomic E-state index is 0.365. The monoisotopic (exact) mass is 355 g/mol. The van der Waals surface area contributed by atoms with Gasteiger partial charge in [-0.1, -0.05) is 36.4 Å². The van der Waals surface area contributed by atoms with Crippen molar-refractivity contribution < 1.29 is 19.1 Å². The van der Waals surface area contributed by atoms with Gasteiger partial charge in [-0.15, -0.1) is 0 Å². The summed E-state index contributed by atoms with van der Waals surface area (Å²) in [5.74, 6) is -0.548. The van der Waals surface area contributed by atoms with Crippen molar-refractivity contribution in [2.24, 2.45) is 5.10 Å². The van der Waals surface area contributed by atoms with Gasteiger partial charge in [0.2, 0.25) is 0 Å². The molecule has 0 saturated heterocycles. The number of carbonyl (C=O) groups is 2. The van der Waals surface area contributed by atoms with Gasteiger partial charge in [0, 0.05) is 12.1 Å². The highest BCUT2D eigenvalue weighted by molar-refractivity contribution is 6.35. The van der Waals surface area contributed by atoms with Crippen LogP contribution in [0.5, 0.6) is 11.5 Å². The molecule has 0 unspecified atom stereocenters. The molecule has 7 heteroatoms. The van der Waals surface area contributed by atoms with Gasteiger partial charge in [-0.3, -0.25) is 9.59 Å². The van der Waals surface area contributed by atoms with Crippen LogP contribution in [0.15, 0.2) is 53.6 Å². The van der Waals surface area contributed by atoms with Gasteiger partial charge in [-0.05, 0) is 24.1 Å². The molecular formula is C19H21N3O4. The van der Waals surface area contributed by atoms with E-state index in [0.717, 1.165) is 5.56 Å². The van der Waals surface area contributed by atoms with Gasteiger partial charge in [0.25, 0.3) is 0 Å². The number of methoxy groups -OCH3 is 2. The number of para-hydroxylation sites is 1. The molecule has 0 fully saturated rings. The summed E-state index contributed by atoms with van der Waals surface area (Å²) in [4.78, 5) is 23.5. The lowest BCUT2D eigenvalue weighted by atomic mass is 10.1. The first kappa shape index (κ1) is 19.0. The van der Waals surface area contributed by atoms with Crippen LogP contribution in [0, 0.1) is 0 Å². The average molecular weight is 355 g/mol. The first-order valence-corrected chi connectivity index (χ1v) is 8.02. The lowest BCUT2D eigenvalue weighted by molar-refractivity contribution is -0.139. The van der Waals surface area contributed by atoms with Crippen LogP contribution in [-0.4, -0.2) is 38.8 Å². The number of rotatable bonds is 7. The fraction of sp³-hybridized carbons (Fsp3) is 0.211. The number of carbonyl (C=O) groups excluding carboxylic acids is 2. The molecule has 2 N–H and O–H groups in total. The van der Waals surface area contributed by atoms with Gasteiger partial charge < -0.3 is 14.8 Å². The topological polar surface area (TPSA) is 89.0 Å². The molecule has 2 amide bonds. The normalized spacial score (nSPS) is 10.4. The van der Waals surface area contributed by atoms with Crippen molar-refractivity contribution in [3.63, 3.8) is 0 Å². The third-order valence-corrected chi connectivity index (χ3v) is 3.55. The standard InChI is InChI=1S/C19H21N3O4/c1-25-16-10-6-9-15(17(16)26-2)13-21-22-19(24)18(23)20-12-11-14-7-4-3-5-8-14/h3-10,13H,11-12H2,1-2H3,(H,20,23)(H,22,24). The molecule has 0 atom stereocenters. The zero-order valence-corrected chi connectivity index (χ0v) is 14.7. The molecular weight excluding hydrogens is 334 g/mol. The summed E-state index contributed by atoms with van der Waals surface area (Å²) in [6.45, 7) is 0.365. The number of nitrogens with zero attached hydrogens (tertiary/aromatic N) is 1. The number of amides is 2. The van der Waals surface area contributed by atoms with Crippen LogP contribution in [0.4, 0.5) is 0 Å². The number of hydrazone groups is 1. The lowest BCUT2D eigenvalue weighted by Crippen LogP contribution is -2.38. The number of hydrogen-bond acceptors (Lipinski definition) is 5. The Bertz CT molecular complexity index is 776. The number of benzene rings is 2. The fourth-order valence-corrected chi connectivity index (χ4v) is 2.27. The van der Waals surface area contributed by atoms with Crippen molar-refractivity contribution in [3.8, 4) is 11.5 Å². The van der Waals surface area contributed by atoms with E-state index in [-0.39, 0.29) is 0 Å². The maximum absolute atomic E-state index is 11.8. The molecule has 0 saturated carbocycles. The third-order valence-electron chi connectivity index (χ3n) is 3.55. The Hall–Kier alpha value is -3.35. The van der Waals surface area contributed by atoms with Crippen LogP contribution in [0.3, 0.4) is 0 Å². The summed E-state index contributed by atoms with van der Waals surface area (Å²) >= 11 is 0. The van der Waals surface area contributed by atoms with E-state index in [4.69, 9.17) is 9.47 Å². The average Bonchev–Trinajstić information content (AvgIpc) is 2.68. The Morgan fingerprint density at radius 3 is 2.46 bits per heavy atom. The molecule has 0 radical (unpaired) electrons. The second-order valence-corrected chi connectivity index (χ2v) is 5.27. The Balaban J connectivity index is 1.84. The summed E-state index contributed by atoms with van der Waals surface area (Å²) in [7, 11) is 3.04. The summed E-state index contributed by atoms with van der Waals surface area (Å²) in [5, 5.41) is 6.34. The fourth-order valence-electron chi connectivity index (χ4n) is 2.27. The van der Waals surface area contributed by atoms with E-state index >= 15 is 0 Å². The van der Waals surface area contributed by atoms with Gasteiger partial charge in [-0.2, -0.15) is 5.10 Å². The highest BCUT2D eigenvalue weighted by Crippen LogP contribution is 2.29. The molecule has 26 heavy (non-hydrogen) atoms. The predicted molar refractivity (Wildman–Crippen MR) is 98.4 cm³/mol. The second kappa shape index (κ2) is 9.83. The third kappa shape index (κ3) is 5.34. The van der Waals surface area contributed by atoms with Gasteiger partial charge in [0.1, 0.15) is 0 Å². The molecule has 0 bridgehead atoms. The van der Waals surface area contributed by atoms with E-state index in [1.54, 1.807) is 18.2 Å². The molecule has 2 rings (SSSR count). The maximum atomic E-state index is 11.8. The number of hydrogen-bond donors (Lipinski definition) is 2. The number of ether oxygens (including phenoxy) is 2. The van der Waals surface area contributed by atoms with Crippen LogP contribution in [0.25, 0.3) is 0 Å². The first-order valence-electron chi connectivity index (χ1n) is 8.02. The first-order chi connectivity index (χ1) is 12.7. The van der Waals surface area contributed by atoms with E-state index in [0.29, 0.717) is 30.0 Å². The SMILES string of the molecule is COc1cccc(C=NNC(=O)C(=O)NCCc2ccccc2)c1OC. The molecule has 2 aromatic carbocycles. The van der Waals surface area contributed by atoms with Crippen LogP contribution < -0.4 is 20.2 Å². The Morgan fingerprint density at radius 1 is 1.00 bits per heavy atom.